The summed E-state index contributed by atoms with van der Waals surface area (Å²) in [6.45, 7) is 9.44. The second-order valence-corrected chi connectivity index (χ2v) is 9.18. The molecular formula is C30H32ClF3MgN6O3. The quantitative estimate of drug-likeness (QED) is 0.188. The normalized spacial score (nSPS) is 12.2. The van der Waals surface area contributed by atoms with Gasteiger partial charge in [0.25, 0.3) is 5.56 Å². The van der Waals surface area contributed by atoms with E-state index in [-0.39, 0.29) is 41.0 Å². The van der Waals surface area contributed by atoms with E-state index in [2.05, 4.69) is 29.0 Å². The van der Waals surface area contributed by atoms with E-state index in [0.717, 1.165) is 43.3 Å². The number of alkyl halides is 3. The SMILES string of the molecule is CC#CCn1c(N2CCNCC2)nc2nc(Cc3ccccc3)n(C)c(=O)c21.O=C(O)C(F)(F)F.[CH2-]c1ccccc1.[Cl-].[Mg+2]. The number of nitrogens with zero attached hydrogens (tertiary/aromatic N) is 5. The van der Waals surface area contributed by atoms with Crippen LogP contribution >= 0.6 is 0 Å². The molecule has 0 spiro atoms. The number of fused-ring (bicyclic) bond motifs is 1. The van der Waals surface area contributed by atoms with E-state index < -0.39 is 12.1 Å². The summed E-state index contributed by atoms with van der Waals surface area (Å²) in [5, 5.41) is 10.5. The minimum absolute atomic E-state index is 0. The molecule has 0 atom stereocenters. The first-order valence-corrected chi connectivity index (χ1v) is 13.0. The second-order valence-electron chi connectivity index (χ2n) is 9.18. The van der Waals surface area contributed by atoms with Crippen molar-refractivity contribution in [2.45, 2.75) is 26.1 Å². The molecule has 1 fully saturated rings. The zero-order valence-corrected chi connectivity index (χ0v) is 26.6. The first kappa shape index (κ1) is 38.3. The average molecular weight is 641 g/mol. The Kier molecular flexibility index (Phi) is 15.8. The second kappa shape index (κ2) is 18.2. The number of nitrogens with one attached hydrogen (secondary N) is 1. The van der Waals surface area contributed by atoms with Gasteiger partial charge in [-0.15, -0.1) is 18.1 Å². The first-order valence-electron chi connectivity index (χ1n) is 13.0. The number of carbonyl (C=O) groups is 1. The van der Waals surface area contributed by atoms with E-state index in [9.17, 15) is 18.0 Å². The number of halogens is 4. The van der Waals surface area contributed by atoms with Crippen molar-refractivity contribution in [3.8, 4) is 11.8 Å². The van der Waals surface area contributed by atoms with Crippen LogP contribution in [0.5, 0.6) is 0 Å². The molecule has 1 saturated heterocycles. The summed E-state index contributed by atoms with van der Waals surface area (Å²) in [5.41, 5.74) is 3.13. The third kappa shape index (κ3) is 10.8. The topological polar surface area (TPSA) is 105 Å². The van der Waals surface area contributed by atoms with E-state index >= 15 is 0 Å². The van der Waals surface area contributed by atoms with Gasteiger partial charge in [0.2, 0.25) is 5.95 Å². The first-order chi connectivity index (χ1) is 20.0. The molecule has 2 N–H and O–H groups in total. The Balaban J connectivity index is 0.000000504. The van der Waals surface area contributed by atoms with Crippen molar-refractivity contribution in [1.29, 1.82) is 0 Å². The number of aromatic nitrogens is 4. The molecule has 0 bridgehead atoms. The van der Waals surface area contributed by atoms with Crippen LogP contribution in [-0.4, -0.2) is 85.6 Å². The van der Waals surface area contributed by atoms with Gasteiger partial charge >= 0.3 is 35.2 Å². The number of anilines is 1. The molecule has 9 nitrogen and oxygen atoms in total. The van der Waals surface area contributed by atoms with Gasteiger partial charge in [0.15, 0.2) is 11.2 Å². The van der Waals surface area contributed by atoms with Crippen molar-refractivity contribution < 1.29 is 35.5 Å². The fourth-order valence-electron chi connectivity index (χ4n) is 4.02. The third-order valence-electron chi connectivity index (χ3n) is 6.16. The van der Waals surface area contributed by atoms with Crippen LogP contribution < -0.4 is 28.2 Å². The predicted molar refractivity (Wildman–Crippen MR) is 161 cm³/mol. The summed E-state index contributed by atoms with van der Waals surface area (Å²) in [6, 6.07) is 19.9. The van der Waals surface area contributed by atoms with Crippen molar-refractivity contribution >= 4 is 46.1 Å². The molecule has 0 amide bonds. The Morgan fingerprint density at radius 3 is 2.07 bits per heavy atom. The summed E-state index contributed by atoms with van der Waals surface area (Å²) in [5.74, 6) is 4.73. The number of rotatable bonds is 4. The van der Waals surface area contributed by atoms with Crippen molar-refractivity contribution in [3.05, 3.63) is 94.9 Å². The molecule has 230 valence electrons. The Morgan fingerprint density at radius 2 is 1.59 bits per heavy atom. The van der Waals surface area contributed by atoms with Crippen molar-refractivity contribution in [1.82, 2.24) is 24.4 Å². The molecular weight excluding hydrogens is 609 g/mol. The van der Waals surface area contributed by atoms with Crippen LogP contribution in [-0.2, 0) is 24.8 Å². The number of hydrogen-bond donors (Lipinski definition) is 2. The number of hydrogen-bond acceptors (Lipinski definition) is 6. The van der Waals surface area contributed by atoms with Gasteiger partial charge in [-0.25, -0.2) is 9.78 Å². The molecule has 5 rings (SSSR count). The summed E-state index contributed by atoms with van der Waals surface area (Å²) in [4.78, 5) is 33.8. The van der Waals surface area contributed by atoms with Gasteiger partial charge in [0.1, 0.15) is 5.82 Å². The zero-order chi connectivity index (χ0) is 30.7. The summed E-state index contributed by atoms with van der Waals surface area (Å²) in [6.07, 6.45) is -4.49. The smallest absolute Gasteiger partial charge is 1.00 e. The molecule has 0 aliphatic carbocycles. The van der Waals surface area contributed by atoms with Crippen LogP contribution in [0.4, 0.5) is 19.1 Å². The molecule has 3 heterocycles. The zero-order valence-electron chi connectivity index (χ0n) is 24.4. The number of imidazole rings is 1. The van der Waals surface area contributed by atoms with E-state index in [1.54, 1.807) is 18.5 Å². The molecule has 0 unspecified atom stereocenters. The Labute approximate surface area is 276 Å². The number of aliphatic carboxylic acids is 1. The fraction of sp³-hybridized carbons (Fsp3) is 0.300. The third-order valence-corrected chi connectivity index (χ3v) is 6.16. The van der Waals surface area contributed by atoms with Crippen LogP contribution in [0.15, 0.2) is 65.5 Å². The number of carboxylic acid groups (broad SMARTS) is 1. The summed E-state index contributed by atoms with van der Waals surface area (Å²) < 4.78 is 35.3. The van der Waals surface area contributed by atoms with Crippen molar-refractivity contribution in [2.75, 3.05) is 31.1 Å². The molecule has 2 aromatic carbocycles. The van der Waals surface area contributed by atoms with Crippen LogP contribution in [0, 0.1) is 18.8 Å². The van der Waals surface area contributed by atoms with Gasteiger partial charge in [-0.3, -0.25) is 13.9 Å². The van der Waals surface area contributed by atoms with Crippen LogP contribution in [0.3, 0.4) is 0 Å². The minimum atomic E-state index is -5.08. The predicted octanol–water partition coefficient (Wildman–Crippen LogP) is 0.279. The van der Waals surface area contributed by atoms with Gasteiger partial charge in [-0.05, 0) is 12.5 Å². The molecule has 0 saturated carbocycles. The molecule has 2 aromatic heterocycles. The largest absolute Gasteiger partial charge is 2.00 e. The van der Waals surface area contributed by atoms with E-state index in [1.165, 1.54) is 0 Å². The molecule has 1 aliphatic heterocycles. The summed E-state index contributed by atoms with van der Waals surface area (Å²) >= 11 is 0. The molecule has 44 heavy (non-hydrogen) atoms. The Morgan fingerprint density at radius 1 is 1.05 bits per heavy atom. The van der Waals surface area contributed by atoms with E-state index in [1.807, 2.05) is 65.2 Å². The number of carboxylic acids is 1. The average Bonchev–Trinajstić information content (AvgIpc) is 3.34. The Bertz CT molecular complexity index is 1600. The maximum absolute atomic E-state index is 13.2. The molecule has 14 heteroatoms. The fourth-order valence-corrected chi connectivity index (χ4v) is 4.02. The molecule has 1 aliphatic rings. The standard InChI is InChI=1S/C21H24N6O.C7H7.C2HF3O2.ClH.Mg/c1-3-4-12-27-18-19(24-21(27)26-13-10-22-11-14-26)23-17(25(2)20(18)28)15-16-8-6-5-7-9-16;1-7-5-3-2-4-6-7;3-2(4,5)1(6)7;;/h5-9,22H,10-15H2,1-2H3;2-6H,1H2;(H,6,7);1H;/q;-1;;;+2/p-1. The maximum atomic E-state index is 13.2. The van der Waals surface area contributed by atoms with Crippen molar-refractivity contribution in [2.24, 2.45) is 7.05 Å². The van der Waals surface area contributed by atoms with Gasteiger partial charge in [-0.1, -0.05) is 42.3 Å². The number of benzene rings is 2. The van der Waals surface area contributed by atoms with Gasteiger partial charge in [0, 0.05) is 39.6 Å². The van der Waals surface area contributed by atoms with Crippen molar-refractivity contribution in [3.63, 3.8) is 0 Å². The van der Waals surface area contributed by atoms with Gasteiger partial charge < -0.3 is 27.7 Å². The van der Waals surface area contributed by atoms with Crippen LogP contribution in [0.25, 0.3) is 11.2 Å². The number of piperazine rings is 1. The molecule has 4 aromatic rings. The van der Waals surface area contributed by atoms with Gasteiger partial charge in [-0.2, -0.15) is 42.8 Å². The van der Waals surface area contributed by atoms with E-state index in [4.69, 9.17) is 19.9 Å². The summed E-state index contributed by atoms with van der Waals surface area (Å²) in [7, 11) is 1.78. The Hall–Kier alpha value is -3.70. The molecule has 0 radical (unpaired) electrons. The monoisotopic (exact) mass is 640 g/mol. The maximum Gasteiger partial charge on any atom is 2.00 e. The van der Waals surface area contributed by atoms with Gasteiger partial charge in [0.05, 0.1) is 6.54 Å². The minimum Gasteiger partial charge on any atom is -1.00 e. The van der Waals surface area contributed by atoms with E-state index in [0.29, 0.717) is 30.0 Å². The van der Waals surface area contributed by atoms with Crippen LogP contribution in [0.2, 0.25) is 0 Å². The van der Waals surface area contributed by atoms with Crippen LogP contribution in [0.1, 0.15) is 23.9 Å².